The van der Waals surface area contributed by atoms with Crippen LogP contribution in [0.15, 0.2) is 47.0 Å². The van der Waals surface area contributed by atoms with Crippen LogP contribution in [0.25, 0.3) is 22.8 Å². The zero-order chi connectivity index (χ0) is 19.8. The lowest BCUT2D eigenvalue weighted by Crippen LogP contribution is -2.16. The van der Waals surface area contributed by atoms with Crippen LogP contribution in [-0.2, 0) is 10.8 Å². The maximum absolute atomic E-state index is 5.58. The lowest BCUT2D eigenvalue weighted by atomic mass is 9.79. The first-order valence-corrected chi connectivity index (χ1v) is 9.05. The van der Waals surface area contributed by atoms with Crippen molar-refractivity contribution in [2.75, 3.05) is 0 Å². The zero-order valence-electron chi connectivity index (χ0n) is 16.8. The van der Waals surface area contributed by atoms with Gasteiger partial charge >= 0.3 is 0 Å². The fourth-order valence-electron chi connectivity index (χ4n) is 2.76. The Balaban J connectivity index is 2.04. The fraction of sp³-hybridized carbons (Fsp3) is 0.364. The second-order valence-corrected chi connectivity index (χ2v) is 8.86. The van der Waals surface area contributed by atoms with Crippen LogP contribution in [0.5, 0.6) is 5.75 Å². The van der Waals surface area contributed by atoms with Gasteiger partial charge in [-0.3, -0.25) is 0 Å². The molecule has 0 fully saturated rings. The second kappa shape index (κ2) is 6.82. The van der Waals surface area contributed by atoms with E-state index in [2.05, 4.69) is 69.9 Å². The van der Waals surface area contributed by atoms with Gasteiger partial charge in [-0.1, -0.05) is 52.8 Å². The van der Waals surface area contributed by atoms with Crippen molar-refractivity contribution in [1.82, 2.24) is 10.1 Å². The monoisotopic (exact) mass is 365 g/mol. The highest BCUT2D eigenvalue weighted by molar-refractivity contribution is 5.62. The van der Waals surface area contributed by atoms with E-state index in [-0.39, 0.29) is 10.8 Å². The third-order valence-corrected chi connectivity index (χ3v) is 4.59. The molecule has 5 nitrogen and oxygen atoms in total. The first-order chi connectivity index (χ1) is 12.6. The second-order valence-electron chi connectivity index (χ2n) is 8.86. The number of nitrogens with two attached hydrogens (primary N) is 1. The first-order valence-electron chi connectivity index (χ1n) is 9.05. The van der Waals surface area contributed by atoms with Crippen molar-refractivity contribution >= 4 is 0 Å². The molecule has 5 heteroatoms. The molecule has 0 bridgehead atoms. The van der Waals surface area contributed by atoms with Crippen LogP contribution in [0.3, 0.4) is 0 Å². The molecule has 0 atom stereocenters. The van der Waals surface area contributed by atoms with Crippen molar-refractivity contribution in [3.05, 3.63) is 53.6 Å². The Hall–Kier alpha value is -2.66. The molecule has 0 radical (unpaired) electrons. The summed E-state index contributed by atoms with van der Waals surface area (Å²) in [6, 6.07) is 13.8. The standard InChI is InChI=1S/C22H27N3O2/c1-21(2,3)16-11-15(12-17(13-16)22(4,5)6)20-24-19(25-27-20)14-7-9-18(26-23)10-8-14/h7-13H,23H2,1-6H3. The van der Waals surface area contributed by atoms with Gasteiger partial charge in [-0.05, 0) is 58.4 Å². The molecule has 1 aromatic heterocycles. The molecule has 0 amide bonds. The number of aromatic nitrogens is 2. The molecule has 0 aliphatic carbocycles. The van der Waals surface area contributed by atoms with Crippen LogP contribution in [0.1, 0.15) is 52.7 Å². The lowest BCUT2D eigenvalue weighted by Gasteiger charge is -2.25. The summed E-state index contributed by atoms with van der Waals surface area (Å²) < 4.78 is 5.58. The van der Waals surface area contributed by atoms with Crippen LogP contribution in [0, 0.1) is 0 Å². The van der Waals surface area contributed by atoms with E-state index in [1.807, 2.05) is 12.1 Å². The van der Waals surface area contributed by atoms with Gasteiger partial charge in [-0.25, -0.2) is 0 Å². The first kappa shape index (κ1) is 19.1. The molecular formula is C22H27N3O2. The van der Waals surface area contributed by atoms with Crippen LogP contribution in [0.2, 0.25) is 0 Å². The van der Waals surface area contributed by atoms with E-state index in [9.17, 15) is 0 Å². The Labute approximate surface area is 160 Å². The summed E-state index contributed by atoms with van der Waals surface area (Å²) in [5.41, 5.74) is 4.32. The maximum atomic E-state index is 5.58. The number of hydrogen-bond donors (Lipinski definition) is 1. The van der Waals surface area contributed by atoms with Gasteiger partial charge in [0.15, 0.2) is 0 Å². The van der Waals surface area contributed by atoms with Crippen molar-refractivity contribution in [3.8, 4) is 28.6 Å². The van der Waals surface area contributed by atoms with Gasteiger partial charge in [0.25, 0.3) is 5.89 Å². The smallest absolute Gasteiger partial charge is 0.258 e. The Morgan fingerprint density at radius 3 is 1.85 bits per heavy atom. The Kier molecular flexibility index (Phi) is 4.82. The molecule has 142 valence electrons. The van der Waals surface area contributed by atoms with Gasteiger partial charge in [0.1, 0.15) is 5.75 Å². The summed E-state index contributed by atoms with van der Waals surface area (Å²) in [6.07, 6.45) is 0. The predicted octanol–water partition coefficient (Wildman–Crippen LogP) is 5.25. The van der Waals surface area contributed by atoms with E-state index >= 15 is 0 Å². The van der Waals surface area contributed by atoms with E-state index in [4.69, 9.17) is 15.3 Å². The Morgan fingerprint density at radius 1 is 0.815 bits per heavy atom. The van der Waals surface area contributed by atoms with Gasteiger partial charge in [-0.2, -0.15) is 10.9 Å². The van der Waals surface area contributed by atoms with Crippen LogP contribution < -0.4 is 10.7 Å². The normalized spacial score (nSPS) is 12.3. The molecule has 0 saturated heterocycles. The fourth-order valence-corrected chi connectivity index (χ4v) is 2.76. The summed E-state index contributed by atoms with van der Waals surface area (Å²) in [6.45, 7) is 13.2. The summed E-state index contributed by atoms with van der Waals surface area (Å²) >= 11 is 0. The van der Waals surface area contributed by atoms with E-state index < -0.39 is 0 Å². The van der Waals surface area contributed by atoms with Gasteiger partial charge in [-0.15, -0.1) is 0 Å². The number of rotatable bonds is 3. The van der Waals surface area contributed by atoms with Gasteiger partial charge in [0.05, 0.1) is 0 Å². The highest BCUT2D eigenvalue weighted by Gasteiger charge is 2.22. The number of benzene rings is 2. The van der Waals surface area contributed by atoms with Gasteiger partial charge in [0, 0.05) is 11.1 Å². The van der Waals surface area contributed by atoms with E-state index in [1.54, 1.807) is 12.1 Å². The van der Waals surface area contributed by atoms with Crippen molar-refractivity contribution in [2.45, 2.75) is 52.4 Å². The maximum Gasteiger partial charge on any atom is 0.258 e. The third-order valence-electron chi connectivity index (χ3n) is 4.59. The molecule has 0 spiro atoms. The largest absolute Gasteiger partial charge is 0.412 e. The lowest BCUT2D eigenvalue weighted by molar-refractivity contribution is 0.334. The molecule has 0 aliphatic heterocycles. The highest BCUT2D eigenvalue weighted by Crippen LogP contribution is 2.34. The minimum atomic E-state index is 0.0247. The van der Waals surface area contributed by atoms with E-state index in [0.717, 1.165) is 11.1 Å². The summed E-state index contributed by atoms with van der Waals surface area (Å²) in [7, 11) is 0. The zero-order valence-corrected chi connectivity index (χ0v) is 16.8. The highest BCUT2D eigenvalue weighted by atomic mass is 16.6. The average molecular weight is 365 g/mol. The molecule has 0 unspecified atom stereocenters. The van der Waals surface area contributed by atoms with Gasteiger partial charge < -0.3 is 9.36 Å². The van der Waals surface area contributed by atoms with E-state index in [1.165, 1.54) is 11.1 Å². The molecule has 2 aromatic carbocycles. The van der Waals surface area contributed by atoms with Gasteiger partial charge in [0.2, 0.25) is 5.82 Å². The molecule has 1 heterocycles. The molecule has 0 aliphatic rings. The van der Waals surface area contributed by atoms with Crippen LogP contribution in [0.4, 0.5) is 0 Å². The third kappa shape index (κ3) is 4.19. The van der Waals surface area contributed by atoms with Crippen molar-refractivity contribution < 1.29 is 9.36 Å². The average Bonchev–Trinajstić information content (AvgIpc) is 3.10. The van der Waals surface area contributed by atoms with Crippen LogP contribution in [-0.4, -0.2) is 10.1 Å². The predicted molar refractivity (Wildman–Crippen MR) is 107 cm³/mol. The quantitative estimate of drug-likeness (QED) is 0.642. The summed E-state index contributed by atoms with van der Waals surface area (Å²) in [5.74, 6) is 6.80. The van der Waals surface area contributed by atoms with Crippen molar-refractivity contribution in [2.24, 2.45) is 5.90 Å². The minimum absolute atomic E-state index is 0.0247. The van der Waals surface area contributed by atoms with E-state index in [0.29, 0.717) is 17.5 Å². The van der Waals surface area contributed by atoms with Crippen LogP contribution >= 0.6 is 0 Å². The molecule has 0 saturated carbocycles. The summed E-state index contributed by atoms with van der Waals surface area (Å²) in [5, 5.41) is 4.14. The SMILES string of the molecule is CC(C)(C)c1cc(-c2nc(-c3ccc(ON)cc3)no2)cc(C(C)(C)C)c1. The molecule has 3 aromatic rings. The molecule has 2 N–H and O–H groups in total. The Bertz CT molecular complexity index is 897. The molecular weight excluding hydrogens is 338 g/mol. The topological polar surface area (TPSA) is 74.2 Å². The molecule has 3 rings (SSSR count). The van der Waals surface area contributed by atoms with Crippen molar-refractivity contribution in [1.29, 1.82) is 0 Å². The molecule has 27 heavy (non-hydrogen) atoms. The summed E-state index contributed by atoms with van der Waals surface area (Å²) in [4.78, 5) is 9.31. The number of hydrogen-bond acceptors (Lipinski definition) is 5. The van der Waals surface area contributed by atoms with Crippen molar-refractivity contribution in [3.63, 3.8) is 0 Å². The Morgan fingerprint density at radius 2 is 1.37 bits per heavy atom. The minimum Gasteiger partial charge on any atom is -0.412 e. The number of nitrogens with zero attached hydrogens (tertiary/aromatic N) is 2.